The minimum Gasteiger partial charge on any atom is -0.468 e. The molecule has 5 atom stereocenters. The summed E-state index contributed by atoms with van der Waals surface area (Å²) in [7, 11) is 1.25. The third kappa shape index (κ3) is 2.27. The van der Waals surface area contributed by atoms with Crippen LogP contribution in [0.4, 0.5) is 0 Å². The fraction of sp³-hybridized carbons (Fsp3) is 0.733. The van der Waals surface area contributed by atoms with Gasteiger partial charge >= 0.3 is 17.9 Å². The van der Waals surface area contributed by atoms with Gasteiger partial charge in [0.05, 0.1) is 13.7 Å². The fourth-order valence-corrected chi connectivity index (χ4v) is 4.17. The van der Waals surface area contributed by atoms with Gasteiger partial charge in [-0.25, -0.2) is 0 Å². The van der Waals surface area contributed by atoms with Crippen molar-refractivity contribution in [2.75, 3.05) is 13.7 Å². The molecule has 0 spiro atoms. The van der Waals surface area contributed by atoms with Crippen molar-refractivity contribution in [3.63, 3.8) is 0 Å². The average molecular weight is 326 g/mol. The summed E-state index contributed by atoms with van der Waals surface area (Å²) in [6, 6.07) is 0. The van der Waals surface area contributed by atoms with Crippen molar-refractivity contribution in [3.8, 4) is 0 Å². The largest absolute Gasteiger partial charge is 0.468 e. The van der Waals surface area contributed by atoms with Crippen LogP contribution in [-0.4, -0.2) is 50.3 Å². The molecule has 0 amide bonds. The first-order chi connectivity index (χ1) is 11.0. The molecule has 2 saturated carbocycles. The summed E-state index contributed by atoms with van der Waals surface area (Å²) in [5.74, 6) is -1.92. The first-order valence-electron chi connectivity index (χ1n) is 7.59. The number of rotatable bonds is 7. The van der Waals surface area contributed by atoms with Gasteiger partial charge in [-0.1, -0.05) is 0 Å². The van der Waals surface area contributed by atoms with Crippen molar-refractivity contribution in [3.05, 3.63) is 0 Å². The number of carbonyl (C=O) groups is 4. The van der Waals surface area contributed by atoms with Gasteiger partial charge in [0.2, 0.25) is 0 Å². The third-order valence-corrected chi connectivity index (χ3v) is 5.09. The van der Waals surface area contributed by atoms with E-state index in [1.54, 1.807) is 0 Å². The van der Waals surface area contributed by atoms with Crippen LogP contribution < -0.4 is 0 Å². The molecule has 8 heteroatoms. The van der Waals surface area contributed by atoms with Gasteiger partial charge in [-0.15, -0.1) is 0 Å². The molecule has 3 aliphatic rings. The van der Waals surface area contributed by atoms with Crippen molar-refractivity contribution in [2.45, 2.75) is 37.9 Å². The Morgan fingerprint density at radius 1 is 1.43 bits per heavy atom. The summed E-state index contributed by atoms with van der Waals surface area (Å²) >= 11 is 0. The summed E-state index contributed by atoms with van der Waals surface area (Å²) < 4.78 is 20.1. The van der Waals surface area contributed by atoms with Gasteiger partial charge in [-0.2, -0.15) is 0 Å². The predicted molar refractivity (Wildman–Crippen MR) is 71.7 cm³/mol. The number of methoxy groups -OCH3 is 1. The van der Waals surface area contributed by atoms with E-state index in [2.05, 4.69) is 4.74 Å². The minimum absolute atomic E-state index is 0.0780. The molecule has 1 saturated heterocycles. The molecular weight excluding hydrogens is 308 g/mol. The lowest BCUT2D eigenvalue weighted by molar-refractivity contribution is -0.164. The Kier molecular flexibility index (Phi) is 3.99. The van der Waals surface area contributed by atoms with Gasteiger partial charge in [0, 0.05) is 18.3 Å². The molecule has 0 aromatic rings. The van der Waals surface area contributed by atoms with E-state index in [-0.39, 0.29) is 24.9 Å². The highest BCUT2D eigenvalue weighted by atomic mass is 16.6. The monoisotopic (exact) mass is 326 g/mol. The van der Waals surface area contributed by atoms with E-state index in [4.69, 9.17) is 14.2 Å². The number of hydrogen-bond donors (Lipinski definition) is 0. The first kappa shape index (κ1) is 15.8. The molecule has 23 heavy (non-hydrogen) atoms. The highest BCUT2D eigenvalue weighted by Crippen LogP contribution is 2.62. The van der Waals surface area contributed by atoms with Gasteiger partial charge in [-0.3, -0.25) is 19.2 Å². The van der Waals surface area contributed by atoms with Crippen molar-refractivity contribution < 1.29 is 38.1 Å². The van der Waals surface area contributed by atoms with E-state index in [0.29, 0.717) is 25.7 Å². The van der Waals surface area contributed by atoms with Crippen LogP contribution in [0.15, 0.2) is 0 Å². The van der Waals surface area contributed by atoms with E-state index < -0.39 is 35.5 Å². The summed E-state index contributed by atoms with van der Waals surface area (Å²) in [5.41, 5.74) is -1.22. The second-order valence-electron chi connectivity index (χ2n) is 6.16. The van der Waals surface area contributed by atoms with Crippen molar-refractivity contribution in [1.29, 1.82) is 0 Å². The number of carbonyl (C=O) groups excluding carboxylic acids is 4. The van der Waals surface area contributed by atoms with Gasteiger partial charge in [0.15, 0.2) is 5.41 Å². The third-order valence-electron chi connectivity index (χ3n) is 5.09. The predicted octanol–water partition coefficient (Wildman–Crippen LogP) is -0.0240. The second kappa shape index (κ2) is 5.82. The van der Waals surface area contributed by atoms with Crippen molar-refractivity contribution in [1.82, 2.24) is 0 Å². The lowest BCUT2D eigenvalue weighted by Gasteiger charge is -2.29. The smallest absolute Gasteiger partial charge is 0.324 e. The van der Waals surface area contributed by atoms with E-state index in [1.165, 1.54) is 7.11 Å². The number of esters is 3. The van der Waals surface area contributed by atoms with Crippen LogP contribution in [0.3, 0.4) is 0 Å². The average Bonchev–Trinajstić information content (AvgIpc) is 3.13. The van der Waals surface area contributed by atoms with Crippen LogP contribution in [0.1, 0.15) is 25.7 Å². The van der Waals surface area contributed by atoms with Gasteiger partial charge in [-0.05, 0) is 19.3 Å². The molecule has 3 rings (SSSR count). The first-order valence-corrected chi connectivity index (χ1v) is 7.59. The van der Waals surface area contributed by atoms with E-state index in [1.807, 2.05) is 0 Å². The Bertz CT molecular complexity index is 544. The summed E-state index contributed by atoms with van der Waals surface area (Å²) in [6.07, 6.45) is 0.308. The Morgan fingerprint density at radius 2 is 2.22 bits per heavy atom. The van der Waals surface area contributed by atoms with Crippen LogP contribution in [0.5, 0.6) is 0 Å². The van der Waals surface area contributed by atoms with Crippen LogP contribution in [0.25, 0.3) is 0 Å². The molecule has 5 unspecified atom stereocenters. The maximum absolute atomic E-state index is 12.2. The Morgan fingerprint density at radius 3 is 2.91 bits per heavy atom. The number of ether oxygens (including phenoxy) is 4. The SMILES string of the molecule is COC(=O)C12CC3CC1C(OC2=O)C3OC(=O)CCCOC=O. The highest BCUT2D eigenvalue weighted by Gasteiger charge is 2.75. The Balaban J connectivity index is 1.62. The van der Waals surface area contributed by atoms with Gasteiger partial charge in [0.25, 0.3) is 6.47 Å². The molecule has 0 aromatic carbocycles. The molecule has 0 N–H and O–H groups in total. The molecule has 8 nitrogen and oxygen atoms in total. The quantitative estimate of drug-likeness (QED) is 0.211. The van der Waals surface area contributed by atoms with Crippen molar-refractivity contribution >= 4 is 24.4 Å². The highest BCUT2D eigenvalue weighted by molar-refractivity contribution is 6.03. The Hall–Kier alpha value is -2.12. The normalized spacial score (nSPS) is 36.5. The molecule has 1 heterocycles. The van der Waals surface area contributed by atoms with Crippen LogP contribution in [0, 0.1) is 17.3 Å². The van der Waals surface area contributed by atoms with E-state index >= 15 is 0 Å². The van der Waals surface area contributed by atoms with E-state index in [9.17, 15) is 19.2 Å². The zero-order valence-electron chi connectivity index (χ0n) is 12.7. The maximum atomic E-state index is 12.2. The molecule has 3 fully saturated rings. The lowest BCUT2D eigenvalue weighted by atomic mass is 9.73. The summed E-state index contributed by atoms with van der Waals surface area (Å²) in [4.78, 5) is 46.1. The summed E-state index contributed by atoms with van der Waals surface area (Å²) in [5, 5.41) is 0. The van der Waals surface area contributed by atoms with Crippen molar-refractivity contribution in [2.24, 2.45) is 17.3 Å². The Labute approximate surface area is 132 Å². The molecule has 1 aliphatic heterocycles. The van der Waals surface area contributed by atoms with Crippen LogP contribution in [-0.2, 0) is 38.1 Å². The zero-order chi connectivity index (χ0) is 16.6. The maximum Gasteiger partial charge on any atom is 0.324 e. The van der Waals surface area contributed by atoms with Gasteiger partial charge in [0.1, 0.15) is 12.2 Å². The molecule has 0 radical (unpaired) electrons. The van der Waals surface area contributed by atoms with Crippen LogP contribution in [0.2, 0.25) is 0 Å². The molecule has 2 aliphatic carbocycles. The zero-order valence-corrected chi connectivity index (χ0v) is 12.7. The molecule has 2 bridgehead atoms. The van der Waals surface area contributed by atoms with Crippen LogP contribution >= 0.6 is 0 Å². The molecule has 126 valence electrons. The number of fused-ring (bicyclic) bond motifs is 1. The molecular formula is C15H18O8. The second-order valence-corrected chi connectivity index (χ2v) is 6.16. The lowest BCUT2D eigenvalue weighted by Crippen LogP contribution is -2.45. The molecule has 0 aromatic heterocycles. The summed E-state index contributed by atoms with van der Waals surface area (Å²) in [6.45, 7) is 0.477. The van der Waals surface area contributed by atoms with Gasteiger partial charge < -0.3 is 18.9 Å². The number of hydrogen-bond acceptors (Lipinski definition) is 8. The fourth-order valence-electron chi connectivity index (χ4n) is 4.17. The minimum atomic E-state index is -1.22. The topological polar surface area (TPSA) is 105 Å². The standard InChI is InChI=1S/C15H18O8/c1-20-13(18)15-6-8-5-9(15)12(23-14(15)19)11(8)22-10(17)3-2-4-21-7-16/h7-9,11-12H,2-6H2,1H3. The van der Waals surface area contributed by atoms with E-state index in [0.717, 1.165) is 0 Å².